The fraction of sp³-hybridized carbons (Fsp3) is 0.769. The van der Waals surface area contributed by atoms with Crippen LogP contribution in [0.2, 0.25) is 0 Å². The molecule has 1 aromatic rings. The molecule has 19 heavy (non-hydrogen) atoms. The molecule has 110 valence electrons. The summed E-state index contributed by atoms with van der Waals surface area (Å²) in [6.07, 6.45) is 7.79. The number of nitrogens with zero attached hydrogens (tertiary/aromatic N) is 3. The molecule has 2 fully saturated rings. The van der Waals surface area contributed by atoms with E-state index in [1.807, 2.05) is 17.9 Å². The molecule has 1 saturated heterocycles. The van der Waals surface area contributed by atoms with Crippen LogP contribution in [0.5, 0.6) is 0 Å². The maximum Gasteiger partial charge on any atom is 0.0522 e. The van der Waals surface area contributed by atoms with Gasteiger partial charge in [-0.2, -0.15) is 5.10 Å². The third-order valence-corrected chi connectivity index (χ3v) is 4.46. The predicted molar refractivity (Wildman–Crippen MR) is 82.0 cm³/mol. The van der Waals surface area contributed by atoms with Gasteiger partial charge >= 0.3 is 0 Å². The van der Waals surface area contributed by atoms with Crippen LogP contribution >= 0.6 is 24.8 Å². The highest BCUT2D eigenvalue weighted by molar-refractivity contribution is 5.85. The number of hydrogen-bond acceptors (Lipinski definition) is 3. The van der Waals surface area contributed by atoms with Crippen LogP contribution < -0.4 is 5.73 Å². The summed E-state index contributed by atoms with van der Waals surface area (Å²) < 4.78 is 1.88. The summed E-state index contributed by atoms with van der Waals surface area (Å²) in [7, 11) is 1.97. The molecular weight excluding hydrogens is 283 g/mol. The van der Waals surface area contributed by atoms with E-state index >= 15 is 0 Å². The van der Waals surface area contributed by atoms with E-state index in [0.29, 0.717) is 6.04 Å². The van der Waals surface area contributed by atoms with E-state index in [2.05, 4.69) is 16.2 Å². The topological polar surface area (TPSA) is 47.1 Å². The van der Waals surface area contributed by atoms with Gasteiger partial charge in [-0.05, 0) is 36.7 Å². The SMILES string of the molecule is Cl.Cl.Cn1cc(CCN2CC3CCC(N)C3C2)cn1. The summed E-state index contributed by atoms with van der Waals surface area (Å²) in [5.41, 5.74) is 7.49. The highest BCUT2D eigenvalue weighted by Gasteiger charge is 2.40. The molecule has 2 aliphatic rings. The van der Waals surface area contributed by atoms with Crippen molar-refractivity contribution in [3.8, 4) is 0 Å². The average Bonchev–Trinajstić information content (AvgIpc) is 2.95. The highest BCUT2D eigenvalue weighted by atomic mass is 35.5. The van der Waals surface area contributed by atoms with Crippen molar-refractivity contribution in [3.05, 3.63) is 18.0 Å². The second kappa shape index (κ2) is 6.93. The van der Waals surface area contributed by atoms with Crippen LogP contribution in [0.25, 0.3) is 0 Å². The molecule has 1 aliphatic heterocycles. The van der Waals surface area contributed by atoms with Gasteiger partial charge in [0.1, 0.15) is 0 Å². The van der Waals surface area contributed by atoms with Crippen LogP contribution in [0.3, 0.4) is 0 Å². The Kier molecular flexibility index (Phi) is 6.12. The number of rotatable bonds is 3. The van der Waals surface area contributed by atoms with Gasteiger partial charge in [0, 0.05) is 38.9 Å². The van der Waals surface area contributed by atoms with E-state index in [-0.39, 0.29) is 24.8 Å². The third kappa shape index (κ3) is 3.63. The van der Waals surface area contributed by atoms with Crippen LogP contribution in [0.1, 0.15) is 18.4 Å². The minimum Gasteiger partial charge on any atom is -0.327 e. The number of fused-ring (bicyclic) bond motifs is 1. The van der Waals surface area contributed by atoms with Crippen LogP contribution in [0, 0.1) is 11.8 Å². The van der Waals surface area contributed by atoms with Crippen molar-refractivity contribution in [2.45, 2.75) is 25.3 Å². The molecule has 1 aliphatic carbocycles. The lowest BCUT2D eigenvalue weighted by Crippen LogP contribution is -2.31. The van der Waals surface area contributed by atoms with Crippen molar-refractivity contribution in [2.75, 3.05) is 19.6 Å². The molecule has 0 amide bonds. The lowest BCUT2D eigenvalue weighted by atomic mass is 9.98. The van der Waals surface area contributed by atoms with Crippen LogP contribution in [-0.2, 0) is 13.5 Å². The monoisotopic (exact) mass is 306 g/mol. The second-order valence-electron chi connectivity index (χ2n) is 5.70. The minimum atomic E-state index is 0. The average molecular weight is 307 g/mol. The largest absolute Gasteiger partial charge is 0.327 e. The van der Waals surface area contributed by atoms with Gasteiger partial charge in [0.05, 0.1) is 6.20 Å². The van der Waals surface area contributed by atoms with Gasteiger partial charge in [-0.25, -0.2) is 0 Å². The number of nitrogens with two attached hydrogens (primary N) is 1. The maximum atomic E-state index is 6.15. The van der Waals surface area contributed by atoms with Crippen molar-refractivity contribution >= 4 is 24.8 Å². The van der Waals surface area contributed by atoms with Crippen molar-refractivity contribution in [2.24, 2.45) is 24.6 Å². The number of halogens is 2. The van der Waals surface area contributed by atoms with Crippen LogP contribution in [-0.4, -0.2) is 40.4 Å². The van der Waals surface area contributed by atoms with E-state index in [1.54, 1.807) is 0 Å². The van der Waals surface area contributed by atoms with Crippen molar-refractivity contribution in [1.29, 1.82) is 0 Å². The molecule has 1 saturated carbocycles. The molecule has 3 unspecified atom stereocenters. The molecule has 1 aromatic heterocycles. The second-order valence-corrected chi connectivity index (χ2v) is 5.70. The summed E-state index contributed by atoms with van der Waals surface area (Å²) in [5.74, 6) is 1.64. The Balaban J connectivity index is 0.000000902. The fourth-order valence-corrected chi connectivity index (χ4v) is 3.47. The Hall–Kier alpha value is -0.290. The summed E-state index contributed by atoms with van der Waals surface area (Å²) in [6.45, 7) is 3.64. The van der Waals surface area contributed by atoms with E-state index in [1.165, 1.54) is 31.5 Å². The number of aryl methyl sites for hydroxylation is 1. The molecule has 2 N–H and O–H groups in total. The first-order valence-corrected chi connectivity index (χ1v) is 6.68. The standard InChI is InChI=1S/C13H22N4.2ClH/c1-16-7-10(6-15-16)4-5-17-8-11-2-3-13(14)12(11)9-17;;/h6-7,11-13H,2-5,8-9,14H2,1H3;2*1H. The first kappa shape index (κ1) is 16.8. The third-order valence-electron chi connectivity index (χ3n) is 4.46. The highest BCUT2D eigenvalue weighted by Crippen LogP contribution is 2.36. The molecule has 4 nitrogen and oxygen atoms in total. The maximum absolute atomic E-state index is 6.15. The summed E-state index contributed by atoms with van der Waals surface area (Å²) in [5, 5.41) is 4.21. The zero-order chi connectivity index (χ0) is 11.8. The van der Waals surface area contributed by atoms with E-state index < -0.39 is 0 Å². The van der Waals surface area contributed by atoms with E-state index in [0.717, 1.165) is 24.8 Å². The lowest BCUT2D eigenvalue weighted by molar-refractivity contribution is 0.309. The summed E-state index contributed by atoms with van der Waals surface area (Å²) in [6, 6.07) is 0.461. The molecule has 0 aromatic carbocycles. The predicted octanol–water partition coefficient (Wildman–Crippen LogP) is 1.48. The van der Waals surface area contributed by atoms with Gasteiger partial charge < -0.3 is 10.6 Å². The molecular formula is C13H24Cl2N4. The van der Waals surface area contributed by atoms with Gasteiger partial charge in [0.25, 0.3) is 0 Å². The van der Waals surface area contributed by atoms with Gasteiger partial charge in [-0.15, -0.1) is 24.8 Å². The molecule has 0 bridgehead atoms. The normalized spacial score (nSPS) is 29.7. The molecule has 2 heterocycles. The Morgan fingerprint density at radius 1 is 1.32 bits per heavy atom. The molecule has 6 heteroatoms. The minimum absolute atomic E-state index is 0. The number of aromatic nitrogens is 2. The smallest absolute Gasteiger partial charge is 0.0522 e. The van der Waals surface area contributed by atoms with Gasteiger partial charge in [0.2, 0.25) is 0 Å². The van der Waals surface area contributed by atoms with E-state index in [9.17, 15) is 0 Å². The number of likely N-dealkylation sites (tertiary alicyclic amines) is 1. The first-order chi connectivity index (χ1) is 8.22. The van der Waals surface area contributed by atoms with Crippen LogP contribution in [0.4, 0.5) is 0 Å². The molecule has 3 atom stereocenters. The first-order valence-electron chi connectivity index (χ1n) is 6.68. The zero-order valence-corrected chi connectivity index (χ0v) is 13.0. The van der Waals surface area contributed by atoms with E-state index in [4.69, 9.17) is 5.73 Å². The van der Waals surface area contributed by atoms with Gasteiger partial charge in [0.15, 0.2) is 0 Å². The fourth-order valence-electron chi connectivity index (χ4n) is 3.47. The van der Waals surface area contributed by atoms with Crippen LogP contribution in [0.15, 0.2) is 12.4 Å². The Bertz CT molecular complexity index is 396. The van der Waals surface area contributed by atoms with Gasteiger partial charge in [-0.3, -0.25) is 4.68 Å². The molecule has 3 rings (SSSR count). The zero-order valence-electron chi connectivity index (χ0n) is 11.4. The summed E-state index contributed by atoms with van der Waals surface area (Å²) >= 11 is 0. The lowest BCUT2D eigenvalue weighted by Gasteiger charge is -2.17. The van der Waals surface area contributed by atoms with Crippen molar-refractivity contribution in [3.63, 3.8) is 0 Å². The Morgan fingerprint density at radius 3 is 2.74 bits per heavy atom. The Morgan fingerprint density at radius 2 is 2.11 bits per heavy atom. The van der Waals surface area contributed by atoms with Crippen molar-refractivity contribution in [1.82, 2.24) is 14.7 Å². The Labute approximate surface area is 127 Å². The van der Waals surface area contributed by atoms with Crippen molar-refractivity contribution < 1.29 is 0 Å². The number of hydrogen-bond donors (Lipinski definition) is 1. The quantitative estimate of drug-likeness (QED) is 0.920. The summed E-state index contributed by atoms with van der Waals surface area (Å²) in [4.78, 5) is 2.58. The van der Waals surface area contributed by atoms with Gasteiger partial charge in [-0.1, -0.05) is 0 Å². The molecule has 0 radical (unpaired) electrons. The molecule has 0 spiro atoms.